The highest BCUT2D eigenvalue weighted by Crippen LogP contribution is 2.35. The molecule has 0 aliphatic carbocycles. The summed E-state index contributed by atoms with van der Waals surface area (Å²) in [5.41, 5.74) is 3.11. The molecule has 0 aliphatic rings. The number of aryl methyl sites for hydroxylation is 1. The fourth-order valence-corrected chi connectivity index (χ4v) is 3.13. The maximum atomic E-state index is 6.49. The third-order valence-corrected chi connectivity index (χ3v) is 5.32. The van der Waals surface area contributed by atoms with Crippen LogP contribution in [0.25, 0.3) is 0 Å². The molecule has 0 aromatic heterocycles. The number of benzene rings is 1. The van der Waals surface area contributed by atoms with E-state index in [1.807, 2.05) is 25.1 Å². The van der Waals surface area contributed by atoms with Gasteiger partial charge in [0.15, 0.2) is 0 Å². The van der Waals surface area contributed by atoms with Gasteiger partial charge < -0.3 is 9.39 Å². The van der Waals surface area contributed by atoms with E-state index >= 15 is 0 Å². The van der Waals surface area contributed by atoms with Crippen molar-refractivity contribution in [1.82, 2.24) is 0 Å². The van der Waals surface area contributed by atoms with Crippen molar-refractivity contribution in [2.24, 2.45) is 5.41 Å². The minimum absolute atomic E-state index is 0.0341. The monoisotopic (exact) mass is 350 g/mol. The Morgan fingerprint density at radius 1 is 1.25 bits per heavy atom. The molecule has 0 unspecified atom stereocenters. The van der Waals surface area contributed by atoms with Crippen molar-refractivity contribution in [2.75, 3.05) is 13.2 Å². The summed E-state index contributed by atoms with van der Waals surface area (Å²) in [5.74, 6) is 0. The van der Waals surface area contributed by atoms with E-state index in [1.165, 1.54) is 11.0 Å². The molecule has 2 nitrogen and oxygen atoms in total. The van der Waals surface area contributed by atoms with Crippen LogP contribution in [-0.4, -0.2) is 25.7 Å². The Balaban J connectivity index is 3.13. The zero-order valence-corrected chi connectivity index (χ0v) is 17.1. The topological polar surface area (TPSA) is 18.5 Å². The normalized spacial score (nSPS) is 12.3. The summed E-state index contributed by atoms with van der Waals surface area (Å²) in [7, 11) is 0. The molecule has 0 fully saturated rings. The van der Waals surface area contributed by atoms with Crippen molar-refractivity contribution < 1.29 is 9.39 Å². The Morgan fingerprint density at radius 2 is 1.88 bits per heavy atom. The quantitative estimate of drug-likeness (QED) is 0.352. The Morgan fingerprint density at radius 3 is 2.42 bits per heavy atom. The first kappa shape index (κ1) is 21.3. The van der Waals surface area contributed by atoms with Gasteiger partial charge in [-0.15, -0.1) is 6.58 Å². The molecule has 0 saturated heterocycles. The van der Waals surface area contributed by atoms with Gasteiger partial charge in [0, 0.05) is 17.0 Å². The molecular weight excluding hydrogens is 318 g/mol. The zero-order valence-electron chi connectivity index (χ0n) is 16.3. The summed E-state index contributed by atoms with van der Waals surface area (Å²) in [6.07, 6.45) is 2.80. The highest BCUT2D eigenvalue weighted by atomic mass is 35.5. The van der Waals surface area contributed by atoms with Gasteiger partial charge in [0.05, 0.1) is 12.2 Å². The number of hydrogen-bond acceptors (Lipinski definition) is 2. The van der Waals surface area contributed by atoms with E-state index in [9.17, 15) is 0 Å². The van der Waals surface area contributed by atoms with Crippen molar-refractivity contribution in [1.29, 1.82) is 0 Å². The first-order valence-corrected chi connectivity index (χ1v) is 9.11. The maximum Gasteiger partial charge on any atom is 0.324 e. The Hall–Kier alpha value is -0.765. The van der Waals surface area contributed by atoms with Crippen molar-refractivity contribution in [3.8, 4) is 0 Å². The molecule has 4 heteroatoms. The van der Waals surface area contributed by atoms with Crippen LogP contribution in [0.4, 0.5) is 0 Å². The number of halogens is 1. The van der Waals surface area contributed by atoms with E-state index in [-0.39, 0.29) is 17.9 Å². The summed E-state index contributed by atoms with van der Waals surface area (Å²) in [6.45, 7) is 20.1. The van der Waals surface area contributed by atoms with Gasteiger partial charge in [-0.2, -0.15) is 0 Å². The van der Waals surface area contributed by atoms with Gasteiger partial charge in [0.2, 0.25) is 0 Å². The number of rotatable bonds is 9. The largest absolute Gasteiger partial charge is 0.425 e. The molecule has 0 saturated carbocycles. The SMILES string of the molecule is C=CC(C)(C)C(C)(C)OB(C)c1c(C)cc(Cl)cc1CCOCC. The van der Waals surface area contributed by atoms with Crippen LogP contribution < -0.4 is 5.46 Å². The summed E-state index contributed by atoms with van der Waals surface area (Å²) in [6, 6.07) is 4.04. The average Bonchev–Trinajstić information content (AvgIpc) is 2.45. The van der Waals surface area contributed by atoms with Crippen molar-refractivity contribution >= 4 is 24.0 Å². The fourth-order valence-electron chi connectivity index (χ4n) is 2.84. The van der Waals surface area contributed by atoms with E-state index < -0.39 is 0 Å². The second kappa shape index (κ2) is 8.55. The molecular formula is C20H32BClO2. The van der Waals surface area contributed by atoms with E-state index in [0.717, 1.165) is 23.6 Å². The van der Waals surface area contributed by atoms with Crippen molar-refractivity contribution in [3.05, 3.63) is 40.9 Å². The molecule has 1 aromatic carbocycles. The first-order valence-electron chi connectivity index (χ1n) is 8.73. The second-order valence-corrected chi connectivity index (χ2v) is 7.88. The highest BCUT2D eigenvalue weighted by Gasteiger charge is 2.38. The van der Waals surface area contributed by atoms with Crippen LogP contribution in [0.15, 0.2) is 24.8 Å². The summed E-state index contributed by atoms with van der Waals surface area (Å²) < 4.78 is 12.0. The molecule has 0 amide bonds. The fraction of sp³-hybridized carbons (Fsp3) is 0.600. The van der Waals surface area contributed by atoms with Gasteiger partial charge in [-0.1, -0.05) is 43.9 Å². The molecule has 0 spiro atoms. The smallest absolute Gasteiger partial charge is 0.324 e. The molecule has 24 heavy (non-hydrogen) atoms. The predicted octanol–water partition coefficient (Wildman–Crippen LogP) is 5.06. The summed E-state index contributed by atoms with van der Waals surface area (Å²) in [5, 5.41) is 0.764. The minimum Gasteiger partial charge on any atom is -0.425 e. The number of ether oxygens (including phenoxy) is 1. The molecule has 0 radical (unpaired) electrons. The standard InChI is InChI=1S/C20H32BClO2/c1-9-19(4,5)20(6,7)24-21(8)18-15(3)13-17(22)14-16(18)11-12-23-10-2/h9,13-14H,1,10-12H2,2-8H3. The van der Waals surface area contributed by atoms with Crippen molar-refractivity contribution in [2.45, 2.75) is 60.4 Å². The Labute approximate surface area is 153 Å². The van der Waals surface area contributed by atoms with Gasteiger partial charge in [0.25, 0.3) is 0 Å². The molecule has 0 N–H and O–H groups in total. The lowest BCUT2D eigenvalue weighted by Crippen LogP contribution is -2.48. The average molecular weight is 351 g/mol. The third kappa shape index (κ3) is 5.11. The van der Waals surface area contributed by atoms with Crippen LogP contribution in [0.1, 0.15) is 45.7 Å². The van der Waals surface area contributed by atoms with Crippen LogP contribution in [0.2, 0.25) is 11.8 Å². The lowest BCUT2D eigenvalue weighted by molar-refractivity contribution is 0.0183. The van der Waals surface area contributed by atoms with Gasteiger partial charge in [-0.3, -0.25) is 0 Å². The first-order chi connectivity index (χ1) is 11.1. The van der Waals surface area contributed by atoms with E-state index in [0.29, 0.717) is 6.61 Å². The number of hydrogen-bond donors (Lipinski definition) is 0. The van der Waals surface area contributed by atoms with Crippen molar-refractivity contribution in [3.63, 3.8) is 0 Å². The summed E-state index contributed by atoms with van der Waals surface area (Å²) in [4.78, 5) is 0. The molecule has 0 heterocycles. The molecule has 134 valence electrons. The van der Waals surface area contributed by atoms with Crippen LogP contribution >= 0.6 is 11.6 Å². The Kier molecular flexibility index (Phi) is 7.58. The van der Waals surface area contributed by atoms with Gasteiger partial charge in [0.1, 0.15) is 0 Å². The lowest BCUT2D eigenvalue weighted by atomic mass is 9.58. The zero-order chi connectivity index (χ0) is 18.5. The molecule has 0 atom stereocenters. The predicted molar refractivity (Wildman–Crippen MR) is 107 cm³/mol. The lowest BCUT2D eigenvalue weighted by Gasteiger charge is -2.41. The second-order valence-electron chi connectivity index (χ2n) is 7.44. The van der Waals surface area contributed by atoms with Crippen LogP contribution in [0.3, 0.4) is 0 Å². The molecule has 0 bridgehead atoms. The molecule has 1 rings (SSSR count). The molecule has 1 aromatic rings. The molecule has 0 aliphatic heterocycles. The van der Waals surface area contributed by atoms with Gasteiger partial charge in [-0.25, -0.2) is 0 Å². The van der Waals surface area contributed by atoms with Crippen LogP contribution in [0.5, 0.6) is 0 Å². The summed E-state index contributed by atoms with van der Waals surface area (Å²) >= 11 is 6.27. The van der Waals surface area contributed by atoms with Crippen LogP contribution in [0, 0.1) is 12.3 Å². The van der Waals surface area contributed by atoms with Gasteiger partial charge >= 0.3 is 6.92 Å². The highest BCUT2D eigenvalue weighted by molar-refractivity contribution is 6.67. The third-order valence-electron chi connectivity index (χ3n) is 5.10. The Bertz CT molecular complexity index is 567. The minimum atomic E-state index is -0.336. The van der Waals surface area contributed by atoms with Crippen LogP contribution in [-0.2, 0) is 15.8 Å². The van der Waals surface area contributed by atoms with E-state index in [2.05, 4.69) is 48.0 Å². The van der Waals surface area contributed by atoms with E-state index in [4.69, 9.17) is 21.0 Å². The maximum absolute atomic E-state index is 6.49. The van der Waals surface area contributed by atoms with E-state index in [1.54, 1.807) is 0 Å². The van der Waals surface area contributed by atoms with Gasteiger partial charge in [-0.05, 0) is 57.3 Å².